The summed E-state index contributed by atoms with van der Waals surface area (Å²) in [6.45, 7) is 0. The maximum absolute atomic E-state index is 2.40. The van der Waals surface area contributed by atoms with Crippen LogP contribution in [0.1, 0.15) is 0 Å². The van der Waals surface area contributed by atoms with E-state index in [1.165, 1.54) is 57.7 Å². The Hall–Kier alpha value is -4.62. The van der Waals surface area contributed by atoms with Gasteiger partial charge in [-0.05, 0) is 0 Å². The molecule has 1 aromatic heterocycles. The molecule has 1 heterocycles. The van der Waals surface area contributed by atoms with Crippen molar-refractivity contribution in [3.63, 3.8) is 0 Å². The maximum atomic E-state index is 2.40. The van der Waals surface area contributed by atoms with Crippen molar-refractivity contribution < 1.29 is 0 Å². The Kier molecular flexibility index (Phi) is 5.55. The average Bonchev–Trinajstić information content (AvgIpc) is 3.40. The summed E-state index contributed by atoms with van der Waals surface area (Å²) in [5, 5.41) is 8.17. The van der Waals surface area contributed by atoms with E-state index in [4.69, 9.17) is 0 Å². The molecule has 2 heteroatoms. The number of anilines is 3. The predicted octanol–water partition coefficient (Wildman–Crippen LogP) is 10.5. The Morgan fingerprint density at radius 3 is 1.85 bits per heavy atom. The number of hydrogen-bond donors (Lipinski definition) is 0. The molecule has 0 unspecified atom stereocenters. The van der Waals surface area contributed by atoms with Gasteiger partial charge in [-0.3, -0.25) is 0 Å². The first-order chi connectivity index (χ1) is 19.8. The van der Waals surface area contributed by atoms with Crippen molar-refractivity contribution in [2.75, 3.05) is 4.90 Å². The van der Waals surface area contributed by atoms with Crippen LogP contribution in [0.15, 0.2) is 152 Å². The third kappa shape index (κ3) is 3.85. The summed E-state index contributed by atoms with van der Waals surface area (Å²) >= 11 is 0.266. The van der Waals surface area contributed by atoms with E-state index in [1.54, 1.807) is 0 Å². The topological polar surface area (TPSA) is 3.24 Å². The average molecular weight is 575 g/mol. The van der Waals surface area contributed by atoms with E-state index in [0.717, 1.165) is 11.4 Å². The number of fused-ring (bicyclic) bond motifs is 7. The molecule has 0 atom stereocenters. The van der Waals surface area contributed by atoms with Gasteiger partial charge in [0.2, 0.25) is 0 Å². The molecule has 0 spiro atoms. The zero-order valence-corrected chi connectivity index (χ0v) is 23.5. The summed E-state index contributed by atoms with van der Waals surface area (Å²) in [4.78, 5) is 2.37. The van der Waals surface area contributed by atoms with Gasteiger partial charge >= 0.3 is 234 Å². The molecule has 40 heavy (non-hydrogen) atoms. The molecule has 0 aliphatic rings. The number of benzene rings is 7. The second kappa shape index (κ2) is 9.54. The molecule has 0 saturated carbocycles. The summed E-state index contributed by atoms with van der Waals surface area (Å²) in [6, 6.07) is 55.2. The monoisotopic (exact) mass is 575 g/mol. The molecule has 0 radical (unpaired) electrons. The third-order valence-electron chi connectivity index (χ3n) is 7.83. The minimum absolute atomic E-state index is 0.266. The van der Waals surface area contributed by atoms with Gasteiger partial charge in [0.15, 0.2) is 0 Å². The van der Waals surface area contributed by atoms with Gasteiger partial charge in [-0.2, -0.15) is 0 Å². The van der Waals surface area contributed by atoms with Crippen LogP contribution in [-0.2, 0) is 0 Å². The van der Waals surface area contributed by atoms with E-state index in [0.29, 0.717) is 0 Å². The molecular weight excluding hydrogens is 549 g/mol. The van der Waals surface area contributed by atoms with Gasteiger partial charge in [-0.1, -0.05) is 6.07 Å². The fraction of sp³-hybridized carbons (Fsp3) is 0. The molecule has 0 fully saturated rings. The van der Waals surface area contributed by atoms with Gasteiger partial charge in [-0.15, -0.1) is 0 Å². The number of rotatable bonds is 4. The van der Waals surface area contributed by atoms with Crippen molar-refractivity contribution in [1.29, 1.82) is 0 Å². The van der Waals surface area contributed by atoms with E-state index in [9.17, 15) is 0 Å². The van der Waals surface area contributed by atoms with Crippen molar-refractivity contribution in [3.8, 4) is 11.1 Å². The number of para-hydroxylation sites is 1. The van der Waals surface area contributed by atoms with Crippen molar-refractivity contribution in [1.82, 2.24) is 0 Å². The Bertz CT molecular complexity index is 2140. The molecular formula is C38H25NSe. The molecule has 0 bridgehead atoms. The van der Waals surface area contributed by atoms with Gasteiger partial charge in [-0.25, -0.2) is 0 Å². The fourth-order valence-corrected chi connectivity index (χ4v) is 8.53. The zero-order chi connectivity index (χ0) is 26.5. The summed E-state index contributed by atoms with van der Waals surface area (Å²) in [7, 11) is 0. The van der Waals surface area contributed by atoms with E-state index in [1.807, 2.05) is 0 Å². The van der Waals surface area contributed by atoms with Crippen LogP contribution in [0.4, 0.5) is 17.1 Å². The molecule has 0 amide bonds. The second-order valence-corrected chi connectivity index (χ2v) is 12.4. The van der Waals surface area contributed by atoms with E-state index in [-0.39, 0.29) is 14.5 Å². The SMILES string of the molecule is c1ccc(-c2ccc(N(c3ccccc3)c3ccc4[se]c5c(ccc6ccc7ccccc7c65)c4c3)cc2)cc1. The van der Waals surface area contributed by atoms with Crippen LogP contribution >= 0.6 is 0 Å². The Morgan fingerprint density at radius 1 is 0.400 bits per heavy atom. The van der Waals surface area contributed by atoms with Gasteiger partial charge in [0.1, 0.15) is 0 Å². The fourth-order valence-electron chi connectivity index (χ4n) is 5.91. The van der Waals surface area contributed by atoms with E-state index >= 15 is 0 Å². The van der Waals surface area contributed by atoms with Crippen LogP contribution in [-0.4, -0.2) is 14.5 Å². The van der Waals surface area contributed by atoms with Crippen molar-refractivity contribution in [2.45, 2.75) is 0 Å². The summed E-state index contributed by atoms with van der Waals surface area (Å²) in [6.07, 6.45) is 0. The summed E-state index contributed by atoms with van der Waals surface area (Å²) < 4.78 is 2.96. The van der Waals surface area contributed by atoms with Crippen LogP contribution in [0.3, 0.4) is 0 Å². The number of nitrogens with zero attached hydrogens (tertiary/aromatic N) is 1. The van der Waals surface area contributed by atoms with Crippen molar-refractivity contribution in [2.24, 2.45) is 0 Å². The molecule has 7 aromatic carbocycles. The van der Waals surface area contributed by atoms with Gasteiger partial charge in [0, 0.05) is 0 Å². The first-order valence-corrected chi connectivity index (χ1v) is 15.3. The van der Waals surface area contributed by atoms with Gasteiger partial charge in [0.05, 0.1) is 0 Å². The zero-order valence-electron chi connectivity index (χ0n) is 21.8. The van der Waals surface area contributed by atoms with Crippen LogP contribution in [0.2, 0.25) is 0 Å². The Morgan fingerprint density at radius 2 is 1.02 bits per heavy atom. The molecule has 188 valence electrons. The van der Waals surface area contributed by atoms with Crippen molar-refractivity contribution in [3.05, 3.63) is 152 Å². The minimum atomic E-state index is 0.266. The predicted molar refractivity (Wildman–Crippen MR) is 174 cm³/mol. The normalized spacial score (nSPS) is 11.5. The summed E-state index contributed by atoms with van der Waals surface area (Å²) in [5.74, 6) is 0. The molecule has 0 aliphatic carbocycles. The molecule has 8 rings (SSSR count). The van der Waals surface area contributed by atoms with E-state index < -0.39 is 0 Å². The van der Waals surface area contributed by atoms with Crippen molar-refractivity contribution >= 4 is 72.4 Å². The quantitative estimate of drug-likeness (QED) is 0.149. The van der Waals surface area contributed by atoms with Crippen LogP contribution in [0.25, 0.3) is 52.0 Å². The first kappa shape index (κ1) is 23.3. The number of hydrogen-bond acceptors (Lipinski definition) is 1. The van der Waals surface area contributed by atoms with Crippen LogP contribution < -0.4 is 4.90 Å². The van der Waals surface area contributed by atoms with Gasteiger partial charge < -0.3 is 0 Å². The molecule has 0 aliphatic heterocycles. The molecule has 0 saturated heterocycles. The van der Waals surface area contributed by atoms with E-state index in [2.05, 4.69) is 157 Å². The first-order valence-electron chi connectivity index (χ1n) is 13.6. The Labute approximate surface area is 239 Å². The van der Waals surface area contributed by atoms with Crippen LogP contribution in [0, 0.1) is 0 Å². The third-order valence-corrected chi connectivity index (χ3v) is 10.4. The molecule has 1 nitrogen and oxygen atoms in total. The Balaban J connectivity index is 1.32. The summed E-state index contributed by atoms with van der Waals surface area (Å²) in [5.41, 5.74) is 5.94. The van der Waals surface area contributed by atoms with Gasteiger partial charge in [0.25, 0.3) is 0 Å². The second-order valence-electron chi connectivity index (χ2n) is 10.2. The van der Waals surface area contributed by atoms with Crippen LogP contribution in [0.5, 0.6) is 0 Å². The molecule has 8 aromatic rings. The molecule has 0 N–H and O–H groups in total. The standard InChI is InChI=1S/C38H25NSe/c1-3-9-26(10-4-1)27-17-20-31(21-18-27)39(30-12-5-2-6-13-30)32-22-24-36-35(25-32)34-23-19-29-16-15-28-11-7-8-14-33(28)37(29)38(34)40-36/h1-25H.